The first-order valence-electron chi connectivity index (χ1n) is 8.33. The Labute approximate surface area is 124 Å². The summed E-state index contributed by atoms with van der Waals surface area (Å²) in [5.74, 6) is 1.10. The number of nitriles is 1. The fourth-order valence-corrected chi connectivity index (χ4v) is 4.02. The maximum absolute atomic E-state index is 9.50. The van der Waals surface area contributed by atoms with E-state index in [1.54, 1.807) is 0 Å². The fourth-order valence-electron chi connectivity index (χ4n) is 4.02. The van der Waals surface area contributed by atoms with Crippen molar-refractivity contribution < 1.29 is 0 Å². The van der Waals surface area contributed by atoms with Crippen molar-refractivity contribution in [1.82, 2.24) is 9.80 Å². The van der Waals surface area contributed by atoms with Crippen molar-refractivity contribution in [1.29, 1.82) is 5.26 Å². The molecule has 0 aromatic heterocycles. The molecule has 0 aromatic carbocycles. The highest BCUT2D eigenvalue weighted by atomic mass is 15.3. The first kappa shape index (κ1) is 15.8. The zero-order valence-corrected chi connectivity index (χ0v) is 13.7. The van der Waals surface area contributed by atoms with Crippen LogP contribution in [-0.2, 0) is 0 Å². The van der Waals surface area contributed by atoms with Gasteiger partial charge in [-0.05, 0) is 46.1 Å². The molecule has 3 atom stereocenters. The Morgan fingerprint density at radius 1 is 1.25 bits per heavy atom. The maximum atomic E-state index is 9.50. The molecule has 0 radical (unpaired) electrons. The summed E-state index contributed by atoms with van der Waals surface area (Å²) < 4.78 is 0. The van der Waals surface area contributed by atoms with E-state index in [4.69, 9.17) is 0 Å². The molecule has 3 heteroatoms. The van der Waals surface area contributed by atoms with Crippen LogP contribution < -0.4 is 0 Å². The van der Waals surface area contributed by atoms with Crippen molar-refractivity contribution >= 4 is 0 Å². The molecule has 20 heavy (non-hydrogen) atoms. The van der Waals surface area contributed by atoms with E-state index in [9.17, 15) is 5.26 Å². The Morgan fingerprint density at radius 3 is 2.60 bits per heavy atom. The minimum absolute atomic E-state index is 0.232. The van der Waals surface area contributed by atoms with Gasteiger partial charge in [-0.2, -0.15) is 5.26 Å². The third kappa shape index (κ3) is 3.35. The van der Waals surface area contributed by atoms with Crippen LogP contribution in [0.3, 0.4) is 0 Å². The second kappa shape index (κ2) is 6.45. The molecule has 2 aliphatic rings. The lowest BCUT2D eigenvalue weighted by molar-refractivity contribution is -0.00897. The average molecular weight is 277 g/mol. The lowest BCUT2D eigenvalue weighted by atomic mass is 9.76. The van der Waals surface area contributed by atoms with E-state index in [2.05, 4.69) is 43.7 Å². The quantitative estimate of drug-likeness (QED) is 0.794. The molecule has 3 unspecified atom stereocenters. The molecule has 1 aliphatic carbocycles. The van der Waals surface area contributed by atoms with Gasteiger partial charge in [-0.25, -0.2) is 0 Å². The van der Waals surface area contributed by atoms with Gasteiger partial charge in [0, 0.05) is 31.2 Å². The lowest BCUT2D eigenvalue weighted by Gasteiger charge is -2.50. The van der Waals surface area contributed by atoms with Crippen LogP contribution >= 0.6 is 0 Å². The molecule has 0 amide bonds. The van der Waals surface area contributed by atoms with Gasteiger partial charge in [0.25, 0.3) is 0 Å². The summed E-state index contributed by atoms with van der Waals surface area (Å²) in [6.45, 7) is 10.3. The van der Waals surface area contributed by atoms with E-state index in [1.165, 1.54) is 25.7 Å². The molecule has 2 fully saturated rings. The molecular weight excluding hydrogens is 246 g/mol. The van der Waals surface area contributed by atoms with Gasteiger partial charge < -0.3 is 0 Å². The SMILES string of the molecule is CCCC1CCC(C#N)C(N2CCN(C)C(C)(C)C2)C1. The van der Waals surface area contributed by atoms with Crippen LogP contribution in [0.5, 0.6) is 0 Å². The van der Waals surface area contributed by atoms with Crippen molar-refractivity contribution in [3.63, 3.8) is 0 Å². The van der Waals surface area contributed by atoms with Gasteiger partial charge in [0.1, 0.15) is 0 Å². The zero-order chi connectivity index (χ0) is 14.8. The van der Waals surface area contributed by atoms with E-state index in [1.807, 2.05) is 0 Å². The summed E-state index contributed by atoms with van der Waals surface area (Å²) in [7, 11) is 2.22. The Balaban J connectivity index is 2.05. The predicted molar refractivity (Wildman–Crippen MR) is 83.4 cm³/mol. The summed E-state index contributed by atoms with van der Waals surface area (Å²) in [6, 6.07) is 3.10. The minimum Gasteiger partial charge on any atom is -0.299 e. The van der Waals surface area contributed by atoms with Crippen LogP contribution in [0.25, 0.3) is 0 Å². The number of nitrogens with zero attached hydrogens (tertiary/aromatic N) is 3. The van der Waals surface area contributed by atoms with Crippen LogP contribution in [0, 0.1) is 23.2 Å². The first-order chi connectivity index (χ1) is 9.47. The van der Waals surface area contributed by atoms with E-state index in [0.29, 0.717) is 6.04 Å². The third-order valence-electron chi connectivity index (χ3n) is 5.60. The van der Waals surface area contributed by atoms with Crippen molar-refractivity contribution in [2.75, 3.05) is 26.7 Å². The zero-order valence-electron chi connectivity index (χ0n) is 13.7. The highest BCUT2D eigenvalue weighted by Gasteiger charge is 2.39. The first-order valence-corrected chi connectivity index (χ1v) is 8.33. The summed E-state index contributed by atoms with van der Waals surface area (Å²) in [4.78, 5) is 5.08. The molecule has 0 aromatic rings. The lowest BCUT2D eigenvalue weighted by Crippen LogP contribution is -2.61. The van der Waals surface area contributed by atoms with Gasteiger partial charge in [-0.1, -0.05) is 19.8 Å². The molecule has 1 heterocycles. The molecule has 114 valence electrons. The van der Waals surface area contributed by atoms with E-state index in [-0.39, 0.29) is 11.5 Å². The van der Waals surface area contributed by atoms with Crippen molar-refractivity contribution in [3.05, 3.63) is 0 Å². The number of likely N-dealkylation sites (N-methyl/N-ethyl adjacent to an activating group) is 1. The van der Waals surface area contributed by atoms with E-state index < -0.39 is 0 Å². The molecular formula is C17H31N3. The van der Waals surface area contributed by atoms with Gasteiger partial charge in [0.2, 0.25) is 0 Å². The van der Waals surface area contributed by atoms with Crippen molar-refractivity contribution in [2.24, 2.45) is 11.8 Å². The van der Waals surface area contributed by atoms with Crippen LogP contribution in [-0.4, -0.2) is 48.1 Å². The molecule has 0 N–H and O–H groups in total. The van der Waals surface area contributed by atoms with Crippen molar-refractivity contribution in [2.45, 2.75) is 64.5 Å². The average Bonchev–Trinajstić information content (AvgIpc) is 2.42. The van der Waals surface area contributed by atoms with Crippen LogP contribution in [0.1, 0.15) is 52.9 Å². The van der Waals surface area contributed by atoms with Crippen LogP contribution in [0.4, 0.5) is 0 Å². The number of hydrogen-bond acceptors (Lipinski definition) is 3. The molecule has 1 aliphatic heterocycles. The fraction of sp³-hybridized carbons (Fsp3) is 0.941. The summed E-state index contributed by atoms with van der Waals surface area (Å²) in [6.07, 6.45) is 6.23. The molecule has 0 spiro atoms. The number of hydrogen-bond donors (Lipinski definition) is 0. The number of rotatable bonds is 3. The molecule has 0 bridgehead atoms. The predicted octanol–water partition coefficient (Wildman–Crippen LogP) is 3.12. The topological polar surface area (TPSA) is 30.3 Å². The molecule has 2 rings (SSSR count). The smallest absolute Gasteiger partial charge is 0.0672 e. The second-order valence-electron chi connectivity index (χ2n) is 7.48. The van der Waals surface area contributed by atoms with Gasteiger partial charge in [-0.15, -0.1) is 0 Å². The summed E-state index contributed by atoms with van der Waals surface area (Å²) >= 11 is 0. The van der Waals surface area contributed by atoms with E-state index >= 15 is 0 Å². The monoisotopic (exact) mass is 277 g/mol. The number of piperazine rings is 1. The third-order valence-corrected chi connectivity index (χ3v) is 5.60. The van der Waals surface area contributed by atoms with Gasteiger partial charge >= 0.3 is 0 Å². The Hall–Kier alpha value is -0.590. The highest BCUT2D eigenvalue weighted by Crippen LogP contribution is 2.36. The molecule has 1 saturated carbocycles. The van der Waals surface area contributed by atoms with Gasteiger partial charge in [-0.3, -0.25) is 9.80 Å². The van der Waals surface area contributed by atoms with Crippen LogP contribution in [0.2, 0.25) is 0 Å². The Kier molecular flexibility index (Phi) is 5.09. The second-order valence-corrected chi connectivity index (χ2v) is 7.48. The normalized spacial score (nSPS) is 35.6. The summed E-state index contributed by atoms with van der Waals surface area (Å²) in [5, 5.41) is 9.50. The standard InChI is InChI=1S/C17H31N3/c1-5-6-14-7-8-15(12-18)16(11-14)20-10-9-19(4)17(2,3)13-20/h14-16H,5-11,13H2,1-4H3. The molecule has 1 saturated heterocycles. The van der Waals surface area contributed by atoms with Gasteiger partial charge in [0.15, 0.2) is 0 Å². The van der Waals surface area contributed by atoms with Crippen molar-refractivity contribution in [3.8, 4) is 6.07 Å². The molecule has 3 nitrogen and oxygen atoms in total. The van der Waals surface area contributed by atoms with E-state index in [0.717, 1.165) is 32.0 Å². The Morgan fingerprint density at radius 2 is 2.00 bits per heavy atom. The summed E-state index contributed by atoms with van der Waals surface area (Å²) in [5.41, 5.74) is 0.232. The maximum Gasteiger partial charge on any atom is 0.0672 e. The van der Waals surface area contributed by atoms with Crippen LogP contribution in [0.15, 0.2) is 0 Å². The van der Waals surface area contributed by atoms with Gasteiger partial charge in [0.05, 0.1) is 12.0 Å². The largest absolute Gasteiger partial charge is 0.299 e. The highest BCUT2D eigenvalue weighted by molar-refractivity contribution is 5.00. The minimum atomic E-state index is 0.232. The Bertz CT molecular complexity index is 358.